The minimum atomic E-state index is -3.01. The summed E-state index contributed by atoms with van der Waals surface area (Å²) in [4.78, 5) is 16.4. The fourth-order valence-corrected chi connectivity index (χ4v) is 4.72. The van der Waals surface area contributed by atoms with Crippen LogP contribution in [0.2, 0.25) is 5.02 Å². The summed E-state index contributed by atoms with van der Waals surface area (Å²) in [5.74, 6) is 0.512. The lowest BCUT2D eigenvalue weighted by Crippen LogP contribution is -2.35. The summed E-state index contributed by atoms with van der Waals surface area (Å²) >= 11 is 5.96. The van der Waals surface area contributed by atoms with E-state index in [9.17, 15) is 13.2 Å². The van der Waals surface area contributed by atoms with Crippen LogP contribution in [0.5, 0.6) is 0 Å². The molecule has 0 radical (unpaired) electrons. The SMILES string of the molecule is O=C(NC1CCS(=O)(=O)C1)c1ccc(NCCc2cccc(Cl)c2)nc1. The molecule has 6 nitrogen and oxygen atoms in total. The number of carbonyl (C=O) groups excluding carboxylic acids is 1. The van der Waals surface area contributed by atoms with Crippen LogP contribution in [0.15, 0.2) is 42.6 Å². The molecule has 0 spiro atoms. The lowest BCUT2D eigenvalue weighted by molar-refractivity contribution is 0.0941. The van der Waals surface area contributed by atoms with E-state index in [4.69, 9.17) is 11.6 Å². The van der Waals surface area contributed by atoms with Crippen molar-refractivity contribution in [3.63, 3.8) is 0 Å². The Labute approximate surface area is 157 Å². The van der Waals surface area contributed by atoms with Crippen LogP contribution < -0.4 is 10.6 Å². The van der Waals surface area contributed by atoms with Crippen molar-refractivity contribution < 1.29 is 13.2 Å². The third kappa shape index (κ3) is 5.19. The Morgan fingerprint density at radius 3 is 2.77 bits per heavy atom. The predicted molar refractivity (Wildman–Crippen MR) is 102 cm³/mol. The fourth-order valence-electron chi connectivity index (χ4n) is 2.84. The van der Waals surface area contributed by atoms with Crippen LogP contribution in [0.1, 0.15) is 22.3 Å². The molecule has 1 aromatic carbocycles. The highest BCUT2D eigenvalue weighted by molar-refractivity contribution is 7.91. The quantitative estimate of drug-likeness (QED) is 0.786. The monoisotopic (exact) mass is 393 g/mol. The fraction of sp³-hybridized carbons (Fsp3) is 0.333. The zero-order chi connectivity index (χ0) is 18.6. The first kappa shape index (κ1) is 18.7. The summed E-state index contributed by atoms with van der Waals surface area (Å²) in [7, 11) is -3.01. The maximum Gasteiger partial charge on any atom is 0.253 e. The van der Waals surface area contributed by atoms with E-state index in [2.05, 4.69) is 15.6 Å². The second kappa shape index (κ2) is 8.05. The zero-order valence-electron chi connectivity index (χ0n) is 14.1. The molecule has 138 valence electrons. The number of sulfone groups is 1. The smallest absolute Gasteiger partial charge is 0.253 e. The first-order valence-electron chi connectivity index (χ1n) is 8.37. The number of nitrogens with one attached hydrogen (secondary N) is 2. The molecule has 1 aliphatic rings. The van der Waals surface area contributed by atoms with Crippen molar-refractivity contribution in [1.29, 1.82) is 0 Å². The van der Waals surface area contributed by atoms with Crippen molar-refractivity contribution >= 4 is 33.2 Å². The second-order valence-corrected chi connectivity index (χ2v) is 8.98. The summed E-state index contributed by atoms with van der Waals surface area (Å²) < 4.78 is 22.9. The molecule has 1 aromatic heterocycles. The molecule has 0 saturated carbocycles. The van der Waals surface area contributed by atoms with Gasteiger partial charge >= 0.3 is 0 Å². The van der Waals surface area contributed by atoms with Gasteiger partial charge in [0, 0.05) is 23.8 Å². The van der Waals surface area contributed by atoms with Gasteiger partial charge in [-0.05, 0) is 42.7 Å². The Hall–Kier alpha value is -2.12. The number of benzene rings is 1. The molecule has 26 heavy (non-hydrogen) atoms. The molecule has 2 N–H and O–H groups in total. The minimum absolute atomic E-state index is 0.00924. The Morgan fingerprint density at radius 1 is 1.27 bits per heavy atom. The molecule has 1 saturated heterocycles. The number of pyridine rings is 1. The molecule has 0 bridgehead atoms. The number of nitrogens with zero attached hydrogens (tertiary/aromatic N) is 1. The highest BCUT2D eigenvalue weighted by Gasteiger charge is 2.29. The van der Waals surface area contributed by atoms with Gasteiger partial charge in [0.2, 0.25) is 0 Å². The van der Waals surface area contributed by atoms with Crippen molar-refractivity contribution in [2.24, 2.45) is 0 Å². The molecular weight excluding hydrogens is 374 g/mol. The van der Waals surface area contributed by atoms with E-state index in [0.29, 0.717) is 29.4 Å². The molecule has 1 atom stereocenters. The number of carbonyl (C=O) groups is 1. The van der Waals surface area contributed by atoms with Gasteiger partial charge in [0.25, 0.3) is 5.91 Å². The molecule has 1 aliphatic heterocycles. The van der Waals surface area contributed by atoms with Gasteiger partial charge in [-0.1, -0.05) is 23.7 Å². The summed E-state index contributed by atoms with van der Waals surface area (Å²) in [5.41, 5.74) is 1.54. The lowest BCUT2D eigenvalue weighted by Gasteiger charge is -2.11. The van der Waals surface area contributed by atoms with Gasteiger partial charge < -0.3 is 10.6 Å². The van der Waals surface area contributed by atoms with Crippen LogP contribution in [0.25, 0.3) is 0 Å². The van der Waals surface area contributed by atoms with Crippen molar-refractivity contribution in [2.45, 2.75) is 18.9 Å². The number of hydrogen-bond donors (Lipinski definition) is 2. The number of aromatic nitrogens is 1. The van der Waals surface area contributed by atoms with Crippen LogP contribution in [0.4, 0.5) is 5.82 Å². The van der Waals surface area contributed by atoms with Crippen molar-refractivity contribution in [3.05, 3.63) is 58.7 Å². The highest BCUT2D eigenvalue weighted by atomic mass is 35.5. The molecule has 1 unspecified atom stereocenters. The third-order valence-corrected chi connectivity index (χ3v) is 6.21. The van der Waals surface area contributed by atoms with Crippen LogP contribution >= 0.6 is 11.6 Å². The first-order valence-corrected chi connectivity index (χ1v) is 10.6. The van der Waals surface area contributed by atoms with Gasteiger partial charge in [-0.25, -0.2) is 13.4 Å². The lowest BCUT2D eigenvalue weighted by atomic mass is 10.1. The summed E-state index contributed by atoms with van der Waals surface area (Å²) in [6, 6.07) is 10.8. The number of halogens is 1. The molecule has 8 heteroatoms. The Morgan fingerprint density at radius 2 is 2.12 bits per heavy atom. The van der Waals surface area contributed by atoms with Crippen molar-refractivity contribution in [2.75, 3.05) is 23.4 Å². The first-order chi connectivity index (χ1) is 12.4. The Kier molecular flexibility index (Phi) is 5.78. The molecule has 0 aliphatic carbocycles. The number of amides is 1. The van der Waals surface area contributed by atoms with E-state index in [-0.39, 0.29) is 23.5 Å². The van der Waals surface area contributed by atoms with E-state index in [1.807, 2.05) is 24.3 Å². The van der Waals surface area contributed by atoms with Gasteiger partial charge in [-0.2, -0.15) is 0 Å². The largest absolute Gasteiger partial charge is 0.370 e. The van der Waals surface area contributed by atoms with Gasteiger partial charge in [0.05, 0.1) is 17.1 Å². The third-order valence-electron chi connectivity index (χ3n) is 4.20. The highest BCUT2D eigenvalue weighted by Crippen LogP contribution is 2.13. The maximum absolute atomic E-state index is 12.2. The van der Waals surface area contributed by atoms with Crippen LogP contribution in [0, 0.1) is 0 Å². The van der Waals surface area contributed by atoms with E-state index < -0.39 is 9.84 Å². The van der Waals surface area contributed by atoms with Crippen LogP contribution in [0.3, 0.4) is 0 Å². The number of anilines is 1. The normalized spacial score (nSPS) is 18.4. The van der Waals surface area contributed by atoms with Gasteiger partial charge in [0.1, 0.15) is 5.82 Å². The average molecular weight is 394 g/mol. The van der Waals surface area contributed by atoms with E-state index >= 15 is 0 Å². The van der Waals surface area contributed by atoms with E-state index in [1.165, 1.54) is 6.20 Å². The molecule has 1 amide bonds. The summed E-state index contributed by atoms with van der Waals surface area (Å²) in [6.45, 7) is 0.693. The standard InChI is InChI=1S/C18H20ClN3O3S/c19-15-3-1-2-13(10-15)6-8-20-17-5-4-14(11-21-17)18(23)22-16-7-9-26(24,25)12-16/h1-5,10-11,16H,6-9,12H2,(H,20,21)(H,22,23). The molecule has 1 fully saturated rings. The van der Waals surface area contributed by atoms with E-state index in [0.717, 1.165) is 12.0 Å². The minimum Gasteiger partial charge on any atom is -0.370 e. The molecule has 2 aromatic rings. The van der Waals surface area contributed by atoms with Crippen molar-refractivity contribution in [1.82, 2.24) is 10.3 Å². The van der Waals surface area contributed by atoms with Crippen LogP contribution in [-0.4, -0.2) is 43.4 Å². The van der Waals surface area contributed by atoms with Crippen LogP contribution in [-0.2, 0) is 16.3 Å². The Bertz CT molecular complexity index is 885. The number of rotatable bonds is 6. The average Bonchev–Trinajstić information content (AvgIpc) is 2.94. The van der Waals surface area contributed by atoms with Crippen molar-refractivity contribution in [3.8, 4) is 0 Å². The molecule has 2 heterocycles. The van der Waals surface area contributed by atoms with Gasteiger partial charge in [0.15, 0.2) is 9.84 Å². The topological polar surface area (TPSA) is 88.2 Å². The van der Waals surface area contributed by atoms with Gasteiger partial charge in [-0.15, -0.1) is 0 Å². The van der Waals surface area contributed by atoms with Gasteiger partial charge in [-0.3, -0.25) is 4.79 Å². The predicted octanol–water partition coefficient (Wildman–Crippen LogP) is 2.31. The second-order valence-electron chi connectivity index (χ2n) is 6.31. The summed E-state index contributed by atoms with van der Waals surface area (Å²) in [5, 5.41) is 6.66. The number of hydrogen-bond acceptors (Lipinski definition) is 5. The zero-order valence-corrected chi connectivity index (χ0v) is 15.7. The Balaban J connectivity index is 1.49. The molecular formula is C18H20ClN3O3S. The maximum atomic E-state index is 12.2. The van der Waals surface area contributed by atoms with E-state index in [1.54, 1.807) is 12.1 Å². The molecule has 3 rings (SSSR count). The summed E-state index contributed by atoms with van der Waals surface area (Å²) in [6.07, 6.45) is 2.76.